The third kappa shape index (κ3) is 8.17. The summed E-state index contributed by atoms with van der Waals surface area (Å²) in [4.78, 5) is 0. The van der Waals surface area contributed by atoms with Crippen LogP contribution in [0.4, 0.5) is 0 Å². The molecule has 0 radical (unpaired) electrons. The van der Waals surface area contributed by atoms with E-state index in [0.29, 0.717) is 29.9 Å². The van der Waals surface area contributed by atoms with Crippen LogP contribution in [-0.2, 0) is 0 Å². The smallest absolute Gasteiger partial charge is 0.129 e. The van der Waals surface area contributed by atoms with Crippen LogP contribution in [-0.4, -0.2) is 43.2 Å². The Morgan fingerprint density at radius 3 is 1.91 bits per heavy atom. The molecule has 0 saturated carbocycles. The molecular weight excluding hydrogens is 416 g/mol. The van der Waals surface area contributed by atoms with E-state index < -0.39 is 14.2 Å². The second kappa shape index (κ2) is 11.2. The Hall–Kier alpha value is -1.98. The molecule has 0 aliphatic rings. The fraction of sp³-hybridized carbons (Fsp3) is 0.750. The molecule has 2 rings (SSSR count). The highest BCUT2D eigenvalue weighted by Crippen LogP contribution is 2.27. The van der Waals surface area contributed by atoms with E-state index in [4.69, 9.17) is 0 Å². The maximum absolute atomic E-state index is 10.5. The van der Waals surface area contributed by atoms with Crippen molar-refractivity contribution in [2.45, 2.75) is 98.6 Å². The zero-order valence-corrected chi connectivity index (χ0v) is 22.4. The van der Waals surface area contributed by atoms with Gasteiger partial charge in [-0.05, 0) is 37.0 Å². The van der Waals surface area contributed by atoms with E-state index in [-0.39, 0.29) is 12.1 Å². The molecule has 0 spiro atoms. The Morgan fingerprint density at radius 1 is 0.812 bits per heavy atom. The first-order chi connectivity index (χ1) is 14.9. The molecule has 0 saturated heterocycles. The average molecular weight is 459 g/mol. The number of aliphatic hydroxyl groups excluding tert-OH is 1. The van der Waals surface area contributed by atoms with Gasteiger partial charge in [-0.2, -0.15) is 0 Å². The average Bonchev–Trinajstić information content (AvgIpc) is 3.31. The molecular formula is C24H42N6OSi. The number of nitrogens with zero attached hydrogens (tertiary/aromatic N) is 6. The van der Waals surface area contributed by atoms with Crippen LogP contribution < -0.4 is 0 Å². The summed E-state index contributed by atoms with van der Waals surface area (Å²) in [6, 6.07) is -0.0669. The molecule has 0 aromatic carbocycles. The highest BCUT2D eigenvalue weighted by atomic mass is 28.3. The predicted octanol–water partition coefficient (Wildman–Crippen LogP) is 5.05. The predicted molar refractivity (Wildman–Crippen MR) is 132 cm³/mol. The maximum Gasteiger partial charge on any atom is 0.129 e. The fourth-order valence-electron chi connectivity index (χ4n) is 3.55. The van der Waals surface area contributed by atoms with Gasteiger partial charge in [0.2, 0.25) is 0 Å². The van der Waals surface area contributed by atoms with Gasteiger partial charge in [-0.1, -0.05) is 77.5 Å². The molecule has 0 fully saturated rings. The van der Waals surface area contributed by atoms with Crippen LogP contribution in [0.25, 0.3) is 0 Å². The molecule has 2 aromatic heterocycles. The summed E-state index contributed by atoms with van der Waals surface area (Å²) >= 11 is 0. The van der Waals surface area contributed by atoms with Crippen molar-refractivity contribution < 1.29 is 5.11 Å². The monoisotopic (exact) mass is 458 g/mol. The van der Waals surface area contributed by atoms with Crippen molar-refractivity contribution in [1.29, 1.82) is 0 Å². The van der Waals surface area contributed by atoms with E-state index in [1.165, 1.54) is 0 Å². The van der Waals surface area contributed by atoms with Crippen molar-refractivity contribution in [2.24, 2.45) is 17.8 Å². The van der Waals surface area contributed by atoms with Crippen molar-refractivity contribution in [2.75, 3.05) is 0 Å². The molecule has 2 aromatic rings. The molecule has 32 heavy (non-hydrogen) atoms. The largest absolute Gasteiger partial charge is 0.387 e. The van der Waals surface area contributed by atoms with Crippen molar-refractivity contribution >= 4 is 8.07 Å². The quantitative estimate of drug-likeness (QED) is 0.398. The lowest BCUT2D eigenvalue weighted by atomic mass is 10.0. The molecule has 178 valence electrons. The highest BCUT2D eigenvalue weighted by Gasteiger charge is 2.24. The Labute approximate surface area is 195 Å². The van der Waals surface area contributed by atoms with Crippen LogP contribution in [0.15, 0.2) is 12.4 Å². The number of hydrogen-bond donors (Lipinski definition) is 1. The third-order valence-corrected chi connectivity index (χ3v) is 5.97. The van der Waals surface area contributed by atoms with Gasteiger partial charge in [-0.15, -0.1) is 15.7 Å². The SMILES string of the molecule is CC(C)CC(O)c1cn(C(CC(C)C)c2cn(C(C#C[Si](C)(C)C)CC(C)C)nn2)nn1. The summed E-state index contributed by atoms with van der Waals surface area (Å²) in [6.45, 7) is 19.7. The van der Waals surface area contributed by atoms with Crippen molar-refractivity contribution in [3.05, 3.63) is 23.8 Å². The molecule has 3 atom stereocenters. The summed E-state index contributed by atoms with van der Waals surface area (Å²) in [7, 11) is -1.48. The van der Waals surface area contributed by atoms with E-state index in [1.54, 1.807) is 0 Å². The molecule has 7 nitrogen and oxygen atoms in total. The van der Waals surface area contributed by atoms with Crippen LogP contribution >= 0.6 is 0 Å². The Balaban J connectivity index is 2.35. The van der Waals surface area contributed by atoms with Gasteiger partial charge in [-0.25, -0.2) is 9.36 Å². The first-order valence-corrected chi connectivity index (χ1v) is 15.4. The lowest BCUT2D eigenvalue weighted by Crippen LogP contribution is -2.18. The fourth-order valence-corrected chi connectivity index (χ4v) is 4.15. The Bertz CT molecular complexity index is 899. The van der Waals surface area contributed by atoms with Crippen molar-refractivity contribution in [1.82, 2.24) is 30.0 Å². The molecule has 0 amide bonds. The highest BCUT2D eigenvalue weighted by molar-refractivity contribution is 6.83. The van der Waals surface area contributed by atoms with Crippen molar-refractivity contribution in [3.8, 4) is 11.5 Å². The zero-order chi connectivity index (χ0) is 24.1. The molecule has 8 heteroatoms. The maximum atomic E-state index is 10.5. The molecule has 3 unspecified atom stereocenters. The van der Waals surface area contributed by atoms with Gasteiger partial charge in [-0.3, -0.25) is 0 Å². The zero-order valence-electron chi connectivity index (χ0n) is 21.4. The minimum absolute atomic E-state index is 0.0156. The number of rotatable bonds is 10. The first-order valence-electron chi connectivity index (χ1n) is 11.9. The van der Waals surface area contributed by atoms with E-state index >= 15 is 0 Å². The molecule has 2 heterocycles. The molecule has 0 bridgehead atoms. The van der Waals surface area contributed by atoms with Gasteiger partial charge in [0.25, 0.3) is 0 Å². The topological polar surface area (TPSA) is 81.7 Å². The Kier molecular flexibility index (Phi) is 9.23. The van der Waals surface area contributed by atoms with Gasteiger partial charge in [0, 0.05) is 0 Å². The second-order valence-electron chi connectivity index (χ2n) is 11.2. The second-order valence-corrected chi connectivity index (χ2v) is 16.0. The number of aromatic nitrogens is 6. The summed E-state index contributed by atoms with van der Waals surface area (Å²) < 4.78 is 3.75. The lowest BCUT2D eigenvalue weighted by molar-refractivity contribution is 0.146. The van der Waals surface area contributed by atoms with Gasteiger partial charge < -0.3 is 5.11 Å². The van der Waals surface area contributed by atoms with Crippen molar-refractivity contribution in [3.63, 3.8) is 0 Å². The molecule has 0 aliphatic carbocycles. The summed E-state index contributed by atoms with van der Waals surface area (Å²) in [5.41, 5.74) is 4.97. The van der Waals surface area contributed by atoms with Crippen LogP contribution in [0, 0.1) is 29.2 Å². The molecule has 1 N–H and O–H groups in total. The van der Waals surface area contributed by atoms with Gasteiger partial charge in [0.1, 0.15) is 25.5 Å². The van der Waals surface area contributed by atoms with Gasteiger partial charge in [0.05, 0.1) is 24.5 Å². The Morgan fingerprint density at radius 2 is 1.34 bits per heavy atom. The summed E-state index contributed by atoms with van der Waals surface area (Å²) in [6.07, 6.45) is 5.73. The summed E-state index contributed by atoms with van der Waals surface area (Å²) in [5, 5.41) is 28.1. The minimum Gasteiger partial charge on any atom is -0.387 e. The van der Waals surface area contributed by atoms with Gasteiger partial charge >= 0.3 is 0 Å². The van der Waals surface area contributed by atoms with E-state index in [9.17, 15) is 5.11 Å². The van der Waals surface area contributed by atoms with Crippen LogP contribution in [0.2, 0.25) is 19.6 Å². The van der Waals surface area contributed by atoms with E-state index in [0.717, 1.165) is 18.5 Å². The van der Waals surface area contributed by atoms with Crippen LogP contribution in [0.1, 0.15) is 90.4 Å². The van der Waals surface area contributed by atoms with Gasteiger partial charge in [0.15, 0.2) is 0 Å². The number of aliphatic hydroxyl groups is 1. The lowest BCUT2D eigenvalue weighted by Gasteiger charge is -2.17. The van der Waals surface area contributed by atoms with E-state index in [1.807, 2.05) is 21.8 Å². The number of hydrogen-bond acceptors (Lipinski definition) is 5. The first kappa shape index (κ1) is 26.3. The minimum atomic E-state index is -1.48. The van der Waals surface area contributed by atoms with Crippen LogP contribution in [0.3, 0.4) is 0 Å². The standard InChI is InChI=1S/C24H42N6OSi/c1-17(2)12-20(10-11-32(7,8)9)29-15-21(25-27-29)23(13-18(3)4)30-16-22(26-28-30)24(31)14-19(5)6/h15-20,23-24,31H,12-14H2,1-9H3. The summed E-state index contributed by atoms with van der Waals surface area (Å²) in [5.74, 6) is 4.82. The normalized spacial score (nSPS) is 15.2. The van der Waals surface area contributed by atoms with Crippen LogP contribution in [0.5, 0.6) is 0 Å². The third-order valence-electron chi connectivity index (χ3n) is 5.08. The molecule has 0 aliphatic heterocycles. The van der Waals surface area contributed by atoms with E-state index in [2.05, 4.69) is 93.3 Å².